The largest absolute Gasteiger partial charge is 0.484 e. The molecule has 0 unspecified atom stereocenters. The Kier molecular flexibility index (Phi) is 7.70. The zero-order chi connectivity index (χ0) is 22.4. The van der Waals surface area contributed by atoms with Crippen molar-refractivity contribution >= 4 is 40.7 Å². The van der Waals surface area contributed by atoms with Crippen LogP contribution in [-0.4, -0.2) is 32.2 Å². The third-order valence-corrected chi connectivity index (χ3v) is 5.72. The second kappa shape index (κ2) is 10.5. The van der Waals surface area contributed by atoms with Gasteiger partial charge in [0.2, 0.25) is 5.91 Å². The molecule has 3 aromatic rings. The van der Waals surface area contributed by atoms with Gasteiger partial charge in [-0.15, -0.1) is 10.2 Å². The third kappa shape index (κ3) is 6.08. The average Bonchev–Trinajstić information content (AvgIpc) is 3.14. The van der Waals surface area contributed by atoms with Gasteiger partial charge >= 0.3 is 0 Å². The van der Waals surface area contributed by atoms with E-state index in [-0.39, 0.29) is 24.1 Å². The van der Waals surface area contributed by atoms with Gasteiger partial charge in [0.25, 0.3) is 0 Å². The maximum atomic E-state index is 12.3. The summed E-state index contributed by atoms with van der Waals surface area (Å²) >= 11 is 7.47. The van der Waals surface area contributed by atoms with E-state index in [2.05, 4.69) is 15.5 Å². The zero-order valence-electron chi connectivity index (χ0n) is 17.5. The summed E-state index contributed by atoms with van der Waals surface area (Å²) in [5.41, 5.74) is 2.18. The molecule has 0 saturated heterocycles. The molecule has 1 aromatic heterocycles. The topological polar surface area (TPSA) is 86.1 Å². The van der Waals surface area contributed by atoms with Crippen LogP contribution in [0.3, 0.4) is 0 Å². The van der Waals surface area contributed by atoms with Crippen LogP contribution in [0.4, 0.5) is 5.69 Å². The number of carbonyl (C=O) groups is 2. The Hall–Kier alpha value is -2.84. The number of benzene rings is 2. The number of ketones is 1. The van der Waals surface area contributed by atoms with Crippen LogP contribution in [0.1, 0.15) is 35.6 Å². The molecular weight excluding hydrogens is 436 g/mol. The summed E-state index contributed by atoms with van der Waals surface area (Å²) < 4.78 is 7.72. The first kappa shape index (κ1) is 22.8. The number of nitrogens with one attached hydrogen (secondary N) is 1. The number of halogens is 1. The monoisotopic (exact) mass is 458 g/mol. The summed E-state index contributed by atoms with van der Waals surface area (Å²) in [5, 5.41) is 12.4. The molecule has 0 bridgehead atoms. The van der Waals surface area contributed by atoms with Crippen LogP contribution in [0.25, 0.3) is 0 Å². The zero-order valence-corrected chi connectivity index (χ0v) is 19.1. The highest BCUT2D eigenvalue weighted by atomic mass is 35.5. The normalized spacial score (nSPS) is 10.7. The van der Waals surface area contributed by atoms with E-state index in [0.29, 0.717) is 39.5 Å². The summed E-state index contributed by atoms with van der Waals surface area (Å²) in [5.74, 6) is 1.15. The summed E-state index contributed by atoms with van der Waals surface area (Å²) in [7, 11) is 0. The van der Waals surface area contributed by atoms with Crippen molar-refractivity contribution in [1.29, 1.82) is 0 Å². The molecule has 162 valence electrons. The Morgan fingerprint density at radius 3 is 2.74 bits per heavy atom. The lowest BCUT2D eigenvalue weighted by molar-refractivity contribution is -0.113. The Morgan fingerprint density at radius 1 is 1.19 bits per heavy atom. The number of nitrogens with zero attached hydrogens (tertiary/aromatic N) is 3. The molecule has 0 radical (unpaired) electrons. The highest BCUT2D eigenvalue weighted by Crippen LogP contribution is 2.26. The molecule has 7 nitrogen and oxygen atoms in total. The van der Waals surface area contributed by atoms with E-state index in [4.69, 9.17) is 16.3 Å². The second-order valence-corrected chi connectivity index (χ2v) is 8.19. The lowest BCUT2D eigenvalue weighted by atomic mass is 10.1. The minimum atomic E-state index is -0.194. The van der Waals surface area contributed by atoms with Crippen molar-refractivity contribution < 1.29 is 14.3 Å². The number of aryl methyl sites for hydroxylation is 1. The van der Waals surface area contributed by atoms with Gasteiger partial charge in [-0.05, 0) is 50.6 Å². The fraction of sp³-hybridized carbons (Fsp3) is 0.273. The van der Waals surface area contributed by atoms with Crippen molar-refractivity contribution in [1.82, 2.24) is 14.8 Å². The summed E-state index contributed by atoms with van der Waals surface area (Å²) in [6.07, 6.45) is 0. The second-order valence-electron chi connectivity index (χ2n) is 6.84. The van der Waals surface area contributed by atoms with Crippen molar-refractivity contribution in [3.8, 4) is 5.75 Å². The van der Waals surface area contributed by atoms with Crippen LogP contribution in [0.5, 0.6) is 5.75 Å². The number of hydrogen-bond acceptors (Lipinski definition) is 6. The SMILES string of the molecule is CCn1c(COc2cc(C)ccc2Cl)nnc1SCC(=O)Nc1cccc(C(C)=O)c1. The van der Waals surface area contributed by atoms with Crippen molar-refractivity contribution in [3.05, 3.63) is 64.4 Å². The lowest BCUT2D eigenvalue weighted by Crippen LogP contribution is -2.15. The summed E-state index contributed by atoms with van der Waals surface area (Å²) in [6.45, 7) is 6.28. The molecule has 0 aliphatic carbocycles. The van der Waals surface area contributed by atoms with Gasteiger partial charge in [0, 0.05) is 17.8 Å². The number of carbonyl (C=O) groups excluding carboxylic acids is 2. The number of ether oxygens (including phenoxy) is 1. The van der Waals surface area contributed by atoms with Gasteiger partial charge in [0.15, 0.2) is 16.8 Å². The number of hydrogen-bond donors (Lipinski definition) is 1. The van der Waals surface area contributed by atoms with E-state index in [1.54, 1.807) is 30.3 Å². The van der Waals surface area contributed by atoms with Crippen LogP contribution in [-0.2, 0) is 17.9 Å². The molecule has 0 aliphatic heterocycles. The lowest BCUT2D eigenvalue weighted by Gasteiger charge is -2.10. The van der Waals surface area contributed by atoms with Gasteiger partial charge in [-0.2, -0.15) is 0 Å². The van der Waals surface area contributed by atoms with Crippen molar-refractivity contribution in [3.63, 3.8) is 0 Å². The van der Waals surface area contributed by atoms with Crippen LogP contribution >= 0.6 is 23.4 Å². The first-order chi connectivity index (χ1) is 14.9. The van der Waals surface area contributed by atoms with E-state index in [9.17, 15) is 9.59 Å². The number of thioether (sulfide) groups is 1. The smallest absolute Gasteiger partial charge is 0.234 e. The molecule has 1 N–H and O–H groups in total. The number of anilines is 1. The van der Waals surface area contributed by atoms with Crippen molar-refractivity contribution in [2.75, 3.05) is 11.1 Å². The molecule has 0 aliphatic rings. The number of aromatic nitrogens is 3. The fourth-order valence-corrected chi connectivity index (χ4v) is 3.85. The van der Waals surface area contributed by atoms with Crippen LogP contribution in [0.2, 0.25) is 5.02 Å². The molecule has 9 heteroatoms. The van der Waals surface area contributed by atoms with Gasteiger partial charge in [0.1, 0.15) is 12.4 Å². The molecule has 1 amide bonds. The summed E-state index contributed by atoms with van der Waals surface area (Å²) in [4.78, 5) is 23.8. The number of rotatable bonds is 9. The molecule has 0 spiro atoms. The quantitative estimate of drug-likeness (QED) is 0.367. The average molecular weight is 459 g/mol. The predicted octanol–water partition coefficient (Wildman–Crippen LogP) is 4.77. The Labute approximate surface area is 190 Å². The van der Waals surface area contributed by atoms with Crippen molar-refractivity contribution in [2.24, 2.45) is 0 Å². The van der Waals surface area contributed by atoms with Crippen LogP contribution in [0, 0.1) is 6.92 Å². The predicted molar refractivity (Wildman–Crippen MR) is 122 cm³/mol. The van der Waals surface area contributed by atoms with Crippen LogP contribution in [0.15, 0.2) is 47.6 Å². The van der Waals surface area contributed by atoms with E-state index in [0.717, 1.165) is 5.56 Å². The summed E-state index contributed by atoms with van der Waals surface area (Å²) in [6, 6.07) is 12.4. The standard InChI is InChI=1S/C22H23ClN4O3S/c1-4-27-20(12-30-19-10-14(2)8-9-18(19)23)25-26-22(27)31-13-21(29)24-17-7-5-6-16(11-17)15(3)28/h5-11H,4,12-13H2,1-3H3,(H,24,29). The molecule has 0 fully saturated rings. The van der Waals surface area contributed by atoms with Gasteiger partial charge in [0.05, 0.1) is 10.8 Å². The Bertz CT molecular complexity index is 1100. The van der Waals surface area contributed by atoms with Gasteiger partial charge < -0.3 is 14.6 Å². The van der Waals surface area contributed by atoms with Gasteiger partial charge in [-0.3, -0.25) is 9.59 Å². The molecule has 2 aromatic carbocycles. The maximum Gasteiger partial charge on any atom is 0.234 e. The highest BCUT2D eigenvalue weighted by Gasteiger charge is 2.15. The fourth-order valence-electron chi connectivity index (χ4n) is 2.86. The number of Topliss-reactive ketones (excluding diaryl/α,β-unsaturated/α-hetero) is 1. The minimum absolute atomic E-state index is 0.0526. The maximum absolute atomic E-state index is 12.3. The number of amides is 1. The molecule has 1 heterocycles. The highest BCUT2D eigenvalue weighted by molar-refractivity contribution is 7.99. The van der Waals surface area contributed by atoms with E-state index in [1.807, 2.05) is 30.5 Å². The van der Waals surface area contributed by atoms with Crippen LogP contribution < -0.4 is 10.1 Å². The third-order valence-electron chi connectivity index (χ3n) is 4.44. The minimum Gasteiger partial charge on any atom is -0.484 e. The molecule has 31 heavy (non-hydrogen) atoms. The molecule has 3 rings (SSSR count). The van der Waals surface area contributed by atoms with E-state index >= 15 is 0 Å². The van der Waals surface area contributed by atoms with Gasteiger partial charge in [-0.25, -0.2) is 0 Å². The molecular formula is C22H23ClN4O3S. The first-order valence-electron chi connectivity index (χ1n) is 9.72. The van der Waals surface area contributed by atoms with Crippen molar-refractivity contribution in [2.45, 2.75) is 39.1 Å². The van der Waals surface area contributed by atoms with E-state index in [1.165, 1.54) is 18.7 Å². The molecule has 0 saturated carbocycles. The Balaban J connectivity index is 1.60. The van der Waals surface area contributed by atoms with E-state index < -0.39 is 0 Å². The van der Waals surface area contributed by atoms with Gasteiger partial charge in [-0.1, -0.05) is 41.6 Å². The first-order valence-corrected chi connectivity index (χ1v) is 11.1. The molecule has 0 atom stereocenters. The Morgan fingerprint density at radius 2 is 2.00 bits per heavy atom.